The fraction of sp³-hybridized carbons (Fsp3) is 0.118. The summed E-state index contributed by atoms with van der Waals surface area (Å²) in [5.41, 5.74) is 4.91. The normalized spacial score (nSPS) is 10.7. The van der Waals surface area contributed by atoms with Crippen molar-refractivity contribution in [2.45, 2.75) is 13.5 Å². The molecule has 0 bridgehead atoms. The zero-order valence-electron chi connectivity index (χ0n) is 11.3. The second kappa shape index (κ2) is 5.31. The number of aryl methyl sites for hydroxylation is 1. The topological polar surface area (TPSA) is 38.0 Å². The summed E-state index contributed by atoms with van der Waals surface area (Å²) in [4.78, 5) is 0. The highest BCUT2D eigenvalue weighted by atomic mass is 16.3. The fourth-order valence-corrected chi connectivity index (χ4v) is 2.33. The van der Waals surface area contributed by atoms with Crippen LogP contribution in [0.3, 0.4) is 0 Å². The molecule has 3 rings (SSSR count). The molecule has 0 atom stereocenters. The van der Waals surface area contributed by atoms with E-state index in [0.29, 0.717) is 5.69 Å². The van der Waals surface area contributed by atoms with Gasteiger partial charge in [0.25, 0.3) is 0 Å². The number of aliphatic hydroxyl groups excluding tert-OH is 1. The van der Waals surface area contributed by atoms with Crippen LogP contribution < -0.4 is 0 Å². The number of benzene rings is 2. The van der Waals surface area contributed by atoms with Crippen molar-refractivity contribution < 1.29 is 5.11 Å². The lowest BCUT2D eigenvalue weighted by Crippen LogP contribution is -1.98. The van der Waals surface area contributed by atoms with Crippen molar-refractivity contribution in [2.24, 2.45) is 0 Å². The Morgan fingerprint density at radius 3 is 2.40 bits per heavy atom. The summed E-state index contributed by atoms with van der Waals surface area (Å²) in [5, 5.41) is 14.0. The largest absolute Gasteiger partial charge is 0.390 e. The quantitative estimate of drug-likeness (QED) is 0.788. The molecular weight excluding hydrogens is 248 g/mol. The molecule has 0 radical (unpaired) electrons. The summed E-state index contributed by atoms with van der Waals surface area (Å²) in [6.07, 6.45) is 1.98. The third kappa shape index (κ3) is 2.24. The Morgan fingerprint density at radius 2 is 1.70 bits per heavy atom. The molecule has 20 heavy (non-hydrogen) atoms. The molecule has 0 aliphatic heterocycles. The first-order valence-corrected chi connectivity index (χ1v) is 6.60. The predicted octanol–water partition coefficient (Wildman–Crippen LogP) is 3.34. The van der Waals surface area contributed by atoms with Gasteiger partial charge < -0.3 is 5.11 Å². The summed E-state index contributed by atoms with van der Waals surface area (Å²) >= 11 is 0. The van der Waals surface area contributed by atoms with Gasteiger partial charge in [-0.25, -0.2) is 4.68 Å². The zero-order valence-corrected chi connectivity index (χ0v) is 11.3. The Labute approximate surface area is 118 Å². The van der Waals surface area contributed by atoms with Crippen LogP contribution in [0.5, 0.6) is 0 Å². The van der Waals surface area contributed by atoms with Crippen LogP contribution in [0.2, 0.25) is 0 Å². The van der Waals surface area contributed by atoms with Crippen LogP contribution >= 0.6 is 0 Å². The van der Waals surface area contributed by atoms with Crippen molar-refractivity contribution in [1.82, 2.24) is 9.78 Å². The van der Waals surface area contributed by atoms with Crippen LogP contribution in [0.4, 0.5) is 0 Å². The molecule has 3 aromatic rings. The molecule has 3 nitrogen and oxygen atoms in total. The van der Waals surface area contributed by atoms with Gasteiger partial charge in [0.05, 0.1) is 18.0 Å². The number of hydrogen-bond acceptors (Lipinski definition) is 2. The van der Waals surface area contributed by atoms with Gasteiger partial charge in [-0.05, 0) is 24.1 Å². The second-order valence-corrected chi connectivity index (χ2v) is 4.74. The number of hydrogen-bond donors (Lipinski definition) is 1. The van der Waals surface area contributed by atoms with Gasteiger partial charge in [-0.1, -0.05) is 48.5 Å². The van der Waals surface area contributed by atoms with Gasteiger partial charge in [0.1, 0.15) is 0 Å². The minimum absolute atomic E-state index is 0.0664. The van der Waals surface area contributed by atoms with E-state index in [0.717, 1.165) is 22.4 Å². The SMILES string of the molecule is Cc1ccccc1-n1cc(-c2ccccc2)c(CO)n1. The molecule has 0 spiro atoms. The summed E-state index contributed by atoms with van der Waals surface area (Å²) in [6, 6.07) is 18.1. The predicted molar refractivity (Wildman–Crippen MR) is 79.7 cm³/mol. The number of aromatic nitrogens is 2. The lowest BCUT2D eigenvalue weighted by molar-refractivity contribution is 0.276. The van der Waals surface area contributed by atoms with Crippen molar-refractivity contribution in [3.8, 4) is 16.8 Å². The lowest BCUT2D eigenvalue weighted by atomic mass is 10.1. The molecular formula is C17H16N2O. The molecule has 100 valence electrons. The second-order valence-electron chi connectivity index (χ2n) is 4.74. The zero-order chi connectivity index (χ0) is 13.9. The van der Waals surface area contributed by atoms with E-state index in [2.05, 4.69) is 18.1 Å². The van der Waals surface area contributed by atoms with Crippen molar-refractivity contribution in [2.75, 3.05) is 0 Å². The molecule has 1 N–H and O–H groups in total. The Bertz CT molecular complexity index is 717. The molecule has 1 aromatic heterocycles. The molecule has 1 heterocycles. The highest BCUT2D eigenvalue weighted by molar-refractivity contribution is 5.65. The average molecular weight is 264 g/mol. The van der Waals surface area contributed by atoms with Crippen LogP contribution in [0.1, 0.15) is 11.3 Å². The van der Waals surface area contributed by atoms with E-state index >= 15 is 0 Å². The van der Waals surface area contributed by atoms with Crippen LogP contribution in [0.25, 0.3) is 16.8 Å². The van der Waals surface area contributed by atoms with E-state index in [1.807, 2.05) is 59.4 Å². The molecule has 0 saturated heterocycles. The number of nitrogens with zero attached hydrogens (tertiary/aromatic N) is 2. The standard InChI is InChI=1S/C17H16N2O/c1-13-7-5-6-10-17(13)19-11-15(16(12-20)18-19)14-8-3-2-4-9-14/h2-11,20H,12H2,1H3. The summed E-state index contributed by atoms with van der Waals surface area (Å²) in [6.45, 7) is 1.99. The molecule has 0 aliphatic rings. The minimum atomic E-state index is -0.0664. The van der Waals surface area contributed by atoms with E-state index in [9.17, 15) is 5.11 Å². The van der Waals surface area contributed by atoms with Crippen LogP contribution in [0, 0.1) is 6.92 Å². The van der Waals surface area contributed by atoms with E-state index in [1.54, 1.807) is 0 Å². The van der Waals surface area contributed by atoms with Gasteiger partial charge in [0.2, 0.25) is 0 Å². The van der Waals surface area contributed by atoms with Gasteiger partial charge in [0.15, 0.2) is 0 Å². The molecule has 0 unspecified atom stereocenters. The number of rotatable bonds is 3. The molecule has 0 fully saturated rings. The first kappa shape index (κ1) is 12.6. The smallest absolute Gasteiger partial charge is 0.0961 e. The highest BCUT2D eigenvalue weighted by Crippen LogP contribution is 2.25. The Balaban J connectivity index is 2.13. The van der Waals surface area contributed by atoms with Crippen molar-refractivity contribution in [3.05, 3.63) is 72.1 Å². The van der Waals surface area contributed by atoms with Gasteiger partial charge >= 0.3 is 0 Å². The highest BCUT2D eigenvalue weighted by Gasteiger charge is 2.11. The maximum absolute atomic E-state index is 9.53. The van der Waals surface area contributed by atoms with Gasteiger partial charge in [-0.15, -0.1) is 0 Å². The molecule has 3 heteroatoms. The number of aliphatic hydroxyl groups is 1. The Hall–Kier alpha value is -2.39. The Morgan fingerprint density at radius 1 is 1.00 bits per heavy atom. The maximum atomic E-state index is 9.53. The number of para-hydroxylation sites is 1. The van der Waals surface area contributed by atoms with E-state index in [-0.39, 0.29) is 6.61 Å². The third-order valence-corrected chi connectivity index (χ3v) is 3.39. The van der Waals surface area contributed by atoms with Gasteiger partial charge in [-0.2, -0.15) is 5.10 Å². The lowest BCUT2D eigenvalue weighted by Gasteiger charge is -2.04. The van der Waals surface area contributed by atoms with Crippen molar-refractivity contribution in [1.29, 1.82) is 0 Å². The first-order chi connectivity index (χ1) is 9.79. The third-order valence-electron chi connectivity index (χ3n) is 3.39. The summed E-state index contributed by atoms with van der Waals surface area (Å²) in [7, 11) is 0. The van der Waals surface area contributed by atoms with Crippen molar-refractivity contribution in [3.63, 3.8) is 0 Å². The summed E-state index contributed by atoms with van der Waals surface area (Å²) in [5.74, 6) is 0. The van der Waals surface area contributed by atoms with Gasteiger partial charge in [0, 0.05) is 11.8 Å². The summed E-state index contributed by atoms with van der Waals surface area (Å²) < 4.78 is 1.84. The first-order valence-electron chi connectivity index (χ1n) is 6.60. The minimum Gasteiger partial charge on any atom is -0.390 e. The van der Waals surface area contributed by atoms with Crippen molar-refractivity contribution >= 4 is 0 Å². The maximum Gasteiger partial charge on any atom is 0.0961 e. The molecule has 0 saturated carbocycles. The van der Waals surface area contributed by atoms with E-state index in [4.69, 9.17) is 0 Å². The van der Waals surface area contributed by atoms with Crippen LogP contribution in [0.15, 0.2) is 60.8 Å². The van der Waals surface area contributed by atoms with Crippen LogP contribution in [-0.4, -0.2) is 14.9 Å². The fourth-order valence-electron chi connectivity index (χ4n) is 2.33. The molecule has 0 aliphatic carbocycles. The molecule has 0 amide bonds. The van der Waals surface area contributed by atoms with E-state index in [1.165, 1.54) is 0 Å². The van der Waals surface area contributed by atoms with Gasteiger partial charge in [-0.3, -0.25) is 0 Å². The Kier molecular flexibility index (Phi) is 3.35. The molecule has 2 aromatic carbocycles. The average Bonchev–Trinajstić information content (AvgIpc) is 2.92. The monoisotopic (exact) mass is 264 g/mol. The van der Waals surface area contributed by atoms with Crippen LogP contribution in [-0.2, 0) is 6.61 Å². The van der Waals surface area contributed by atoms with E-state index < -0.39 is 0 Å².